The molecule has 0 spiro atoms. The summed E-state index contributed by atoms with van der Waals surface area (Å²) in [4.78, 5) is 5.39. The van der Waals surface area contributed by atoms with Crippen molar-refractivity contribution in [1.82, 2.24) is 9.80 Å². The smallest absolute Gasteiger partial charge is 0.0241 e. The predicted molar refractivity (Wildman–Crippen MR) is 55.9 cm³/mol. The van der Waals surface area contributed by atoms with Crippen molar-refractivity contribution >= 4 is 0 Å². The Hall–Kier alpha value is -0.0800. The molecule has 0 aromatic rings. The molecule has 0 aliphatic carbocycles. The summed E-state index contributed by atoms with van der Waals surface area (Å²) in [5, 5.41) is 0. The van der Waals surface area contributed by atoms with Gasteiger partial charge in [-0.1, -0.05) is 6.92 Å². The molecule has 3 atom stereocenters. The van der Waals surface area contributed by atoms with Gasteiger partial charge in [0, 0.05) is 31.2 Å². The van der Waals surface area contributed by atoms with E-state index >= 15 is 0 Å². The third-order valence-corrected chi connectivity index (χ3v) is 3.63. The average Bonchev–Trinajstić information content (AvgIpc) is 2.46. The van der Waals surface area contributed by atoms with Gasteiger partial charge in [-0.05, 0) is 33.2 Å². The number of rotatable bonds is 2. The van der Waals surface area contributed by atoms with Crippen molar-refractivity contribution in [2.45, 2.75) is 51.7 Å². The van der Waals surface area contributed by atoms with Crippen LogP contribution in [0, 0.1) is 0 Å². The van der Waals surface area contributed by atoms with E-state index in [9.17, 15) is 0 Å². The Kier molecular flexibility index (Phi) is 2.61. The maximum Gasteiger partial charge on any atom is 0.0241 e. The van der Waals surface area contributed by atoms with E-state index in [1.54, 1.807) is 0 Å². The Labute approximate surface area is 81.9 Å². The van der Waals surface area contributed by atoms with Crippen LogP contribution in [-0.4, -0.2) is 47.6 Å². The van der Waals surface area contributed by atoms with Crippen LogP contribution < -0.4 is 0 Å². The van der Waals surface area contributed by atoms with Crippen molar-refractivity contribution in [2.75, 3.05) is 19.6 Å². The van der Waals surface area contributed by atoms with E-state index in [0.29, 0.717) is 0 Å². The maximum absolute atomic E-state index is 2.75. The van der Waals surface area contributed by atoms with Crippen molar-refractivity contribution in [2.24, 2.45) is 0 Å². The molecule has 2 aliphatic rings. The predicted octanol–water partition coefficient (Wildman–Crippen LogP) is 1.56. The SMILES string of the molecule is CCC1CN2CCC(C2)N1C(C)C. The van der Waals surface area contributed by atoms with Crippen LogP contribution in [0.25, 0.3) is 0 Å². The summed E-state index contributed by atoms with van der Waals surface area (Å²) in [5.74, 6) is 0. The molecule has 0 N–H and O–H groups in total. The quantitative estimate of drug-likeness (QED) is 0.639. The van der Waals surface area contributed by atoms with E-state index < -0.39 is 0 Å². The highest BCUT2D eigenvalue weighted by Gasteiger charge is 2.38. The molecule has 2 nitrogen and oxygen atoms in total. The van der Waals surface area contributed by atoms with Gasteiger partial charge in [0.2, 0.25) is 0 Å². The van der Waals surface area contributed by atoms with Crippen LogP contribution in [0.5, 0.6) is 0 Å². The van der Waals surface area contributed by atoms with Crippen molar-refractivity contribution in [3.63, 3.8) is 0 Å². The first-order valence-corrected chi connectivity index (χ1v) is 5.72. The Morgan fingerprint density at radius 1 is 1.31 bits per heavy atom. The molecule has 13 heavy (non-hydrogen) atoms. The van der Waals surface area contributed by atoms with E-state index in [1.165, 1.54) is 32.5 Å². The Bertz CT molecular complexity index is 179. The largest absolute Gasteiger partial charge is 0.300 e. The van der Waals surface area contributed by atoms with Crippen LogP contribution in [0.2, 0.25) is 0 Å². The molecule has 2 heteroatoms. The molecule has 2 saturated heterocycles. The van der Waals surface area contributed by atoms with Crippen molar-refractivity contribution in [3.8, 4) is 0 Å². The van der Waals surface area contributed by atoms with Crippen LogP contribution in [-0.2, 0) is 0 Å². The van der Waals surface area contributed by atoms with Gasteiger partial charge in [0.05, 0.1) is 0 Å². The first kappa shape index (κ1) is 9.47. The zero-order valence-electron chi connectivity index (χ0n) is 9.16. The van der Waals surface area contributed by atoms with Gasteiger partial charge in [0.1, 0.15) is 0 Å². The topological polar surface area (TPSA) is 6.48 Å². The van der Waals surface area contributed by atoms with E-state index in [1.807, 2.05) is 0 Å². The average molecular weight is 182 g/mol. The number of fused-ring (bicyclic) bond motifs is 2. The lowest BCUT2D eigenvalue weighted by Gasteiger charge is -2.43. The Morgan fingerprint density at radius 2 is 2.08 bits per heavy atom. The number of hydrogen-bond donors (Lipinski definition) is 0. The highest BCUT2D eigenvalue weighted by atomic mass is 15.3. The number of hydrogen-bond acceptors (Lipinski definition) is 2. The Balaban J connectivity index is 2.10. The molecule has 0 amide bonds. The third-order valence-electron chi connectivity index (χ3n) is 3.63. The van der Waals surface area contributed by atoms with Gasteiger partial charge in [-0.3, -0.25) is 4.90 Å². The highest BCUT2D eigenvalue weighted by Crippen LogP contribution is 2.27. The summed E-state index contributed by atoms with van der Waals surface area (Å²) in [5.41, 5.74) is 0. The molecule has 76 valence electrons. The minimum Gasteiger partial charge on any atom is -0.300 e. The molecule has 3 unspecified atom stereocenters. The van der Waals surface area contributed by atoms with Crippen molar-refractivity contribution < 1.29 is 0 Å². The first-order chi connectivity index (χ1) is 6.22. The zero-order valence-corrected chi connectivity index (χ0v) is 9.16. The third kappa shape index (κ3) is 1.62. The van der Waals surface area contributed by atoms with Gasteiger partial charge >= 0.3 is 0 Å². The Morgan fingerprint density at radius 3 is 2.69 bits per heavy atom. The number of nitrogens with zero attached hydrogens (tertiary/aromatic N) is 2. The second-order valence-electron chi connectivity index (χ2n) is 4.81. The second-order valence-corrected chi connectivity index (χ2v) is 4.81. The van der Waals surface area contributed by atoms with Crippen LogP contribution in [0.3, 0.4) is 0 Å². The fourth-order valence-corrected chi connectivity index (χ4v) is 3.10. The van der Waals surface area contributed by atoms with Crippen molar-refractivity contribution in [3.05, 3.63) is 0 Å². The molecule has 0 aromatic carbocycles. The van der Waals surface area contributed by atoms with Crippen molar-refractivity contribution in [1.29, 1.82) is 0 Å². The highest BCUT2D eigenvalue weighted by molar-refractivity contribution is 4.95. The molecule has 0 saturated carbocycles. The molecular weight excluding hydrogens is 160 g/mol. The monoisotopic (exact) mass is 182 g/mol. The van der Waals surface area contributed by atoms with Gasteiger partial charge in [-0.25, -0.2) is 0 Å². The van der Waals surface area contributed by atoms with E-state index in [2.05, 4.69) is 30.6 Å². The first-order valence-electron chi connectivity index (χ1n) is 5.72. The standard InChI is InChI=1S/C11H22N2/c1-4-10-7-12-6-5-11(8-12)13(10)9(2)3/h9-11H,4-8H2,1-3H3. The summed E-state index contributed by atoms with van der Waals surface area (Å²) >= 11 is 0. The lowest BCUT2D eigenvalue weighted by atomic mass is 10.0. The zero-order chi connectivity index (χ0) is 9.42. The molecule has 0 radical (unpaired) electrons. The number of piperazine rings is 1. The van der Waals surface area contributed by atoms with E-state index in [-0.39, 0.29) is 0 Å². The molecule has 2 heterocycles. The van der Waals surface area contributed by atoms with Gasteiger partial charge in [-0.2, -0.15) is 0 Å². The van der Waals surface area contributed by atoms with Gasteiger partial charge in [0.15, 0.2) is 0 Å². The van der Waals surface area contributed by atoms with E-state index in [0.717, 1.165) is 18.1 Å². The molecule has 2 bridgehead atoms. The van der Waals surface area contributed by atoms with Gasteiger partial charge < -0.3 is 4.90 Å². The summed E-state index contributed by atoms with van der Waals surface area (Å²) in [6.07, 6.45) is 2.71. The second kappa shape index (κ2) is 3.58. The summed E-state index contributed by atoms with van der Waals surface area (Å²) in [7, 11) is 0. The van der Waals surface area contributed by atoms with Gasteiger partial charge in [0.25, 0.3) is 0 Å². The maximum atomic E-state index is 2.75. The summed E-state index contributed by atoms with van der Waals surface area (Å²) in [6.45, 7) is 11.0. The molecular formula is C11H22N2. The van der Waals surface area contributed by atoms with Crippen LogP contribution >= 0.6 is 0 Å². The fourth-order valence-electron chi connectivity index (χ4n) is 3.10. The van der Waals surface area contributed by atoms with Crippen LogP contribution in [0.1, 0.15) is 33.6 Å². The normalized spacial score (nSPS) is 40.2. The molecule has 2 fully saturated rings. The lowest BCUT2D eigenvalue weighted by molar-refractivity contribution is 0.0433. The lowest BCUT2D eigenvalue weighted by Crippen LogP contribution is -2.55. The summed E-state index contributed by atoms with van der Waals surface area (Å²) in [6, 6.07) is 2.41. The minimum atomic E-state index is 0.732. The minimum absolute atomic E-state index is 0.732. The molecule has 2 aliphatic heterocycles. The van der Waals surface area contributed by atoms with E-state index in [4.69, 9.17) is 0 Å². The van der Waals surface area contributed by atoms with Crippen LogP contribution in [0.15, 0.2) is 0 Å². The van der Waals surface area contributed by atoms with Crippen LogP contribution in [0.4, 0.5) is 0 Å². The fraction of sp³-hybridized carbons (Fsp3) is 1.00. The van der Waals surface area contributed by atoms with Gasteiger partial charge in [-0.15, -0.1) is 0 Å². The molecule has 2 rings (SSSR count). The summed E-state index contributed by atoms with van der Waals surface area (Å²) < 4.78 is 0. The molecule has 0 aromatic heterocycles.